The molecule has 0 unspecified atom stereocenters. The molecule has 25 heavy (non-hydrogen) atoms. The van der Waals surface area contributed by atoms with Gasteiger partial charge in [-0.1, -0.05) is 13.0 Å². The van der Waals surface area contributed by atoms with Crippen molar-refractivity contribution < 1.29 is 32.3 Å². The lowest BCUT2D eigenvalue weighted by Gasteiger charge is -2.15. The smallest absolute Gasteiger partial charge is 0.325 e. The molecule has 1 aromatic carbocycles. The molecule has 134 valence electrons. The highest BCUT2D eigenvalue weighted by atomic mass is 19.4. The fourth-order valence-corrected chi connectivity index (χ4v) is 2.23. The summed E-state index contributed by atoms with van der Waals surface area (Å²) in [6.45, 7) is 0.975. The van der Waals surface area contributed by atoms with Gasteiger partial charge in [0.1, 0.15) is 6.54 Å². The molecule has 1 heterocycles. The number of anilines is 1. The Morgan fingerprint density at radius 2 is 1.76 bits per heavy atom. The number of amides is 5. The summed E-state index contributed by atoms with van der Waals surface area (Å²) in [7, 11) is 0. The van der Waals surface area contributed by atoms with E-state index in [1.54, 1.807) is 6.92 Å². The summed E-state index contributed by atoms with van der Waals surface area (Å²) in [5, 5.41) is 2.17. The average Bonchev–Trinajstić information content (AvgIpc) is 2.72. The van der Waals surface area contributed by atoms with Crippen LogP contribution in [0.5, 0.6) is 0 Å². The Morgan fingerprint density at radius 1 is 1.12 bits per heavy atom. The van der Waals surface area contributed by atoms with E-state index in [0.29, 0.717) is 11.3 Å². The van der Waals surface area contributed by atoms with Crippen LogP contribution in [0.25, 0.3) is 0 Å². The predicted octanol–water partition coefficient (Wildman–Crippen LogP) is 1.84. The Hall–Kier alpha value is -2.91. The molecule has 1 saturated heterocycles. The molecule has 0 spiro atoms. The van der Waals surface area contributed by atoms with Gasteiger partial charge in [0.15, 0.2) is 0 Å². The van der Waals surface area contributed by atoms with Crippen LogP contribution in [0.3, 0.4) is 0 Å². The van der Waals surface area contributed by atoms with Crippen molar-refractivity contribution in [2.75, 3.05) is 18.4 Å². The molecule has 0 atom stereocenters. The lowest BCUT2D eigenvalue weighted by molar-refractivity contribution is -0.143. The van der Waals surface area contributed by atoms with E-state index in [-0.39, 0.29) is 12.2 Å². The highest BCUT2D eigenvalue weighted by molar-refractivity contribution is 6.45. The number of halogens is 3. The van der Waals surface area contributed by atoms with Crippen molar-refractivity contribution in [2.45, 2.75) is 19.5 Å². The molecule has 1 aliphatic heterocycles. The number of hydrogen-bond donors (Lipinski definition) is 1. The van der Waals surface area contributed by atoms with E-state index >= 15 is 0 Å². The molecule has 1 fully saturated rings. The number of alkyl halides is 3. The standard InChI is InChI=1S/C15H14F3N3O4/c1-2-6-20-12(23)13(24)21(14(20)25)8-11(22)19-10-5-3-4-9(7-10)15(16,17)18/h3-5,7H,2,6,8H2,1H3,(H,19,22). The molecular weight excluding hydrogens is 343 g/mol. The SMILES string of the molecule is CCCN1C(=O)C(=O)N(CC(=O)Nc2cccc(C(F)(F)F)c2)C1=O. The molecule has 5 amide bonds. The van der Waals surface area contributed by atoms with Crippen molar-refractivity contribution in [1.29, 1.82) is 0 Å². The number of hydrogen-bond acceptors (Lipinski definition) is 4. The third kappa shape index (κ3) is 3.95. The van der Waals surface area contributed by atoms with E-state index in [1.165, 1.54) is 6.07 Å². The Morgan fingerprint density at radius 3 is 2.36 bits per heavy atom. The van der Waals surface area contributed by atoms with Gasteiger partial charge in [-0.25, -0.2) is 9.69 Å². The summed E-state index contributed by atoms with van der Waals surface area (Å²) < 4.78 is 37.9. The molecular formula is C15H14F3N3O4. The van der Waals surface area contributed by atoms with Crippen LogP contribution in [-0.2, 0) is 20.6 Å². The van der Waals surface area contributed by atoms with Gasteiger partial charge in [-0.3, -0.25) is 19.3 Å². The first-order valence-electron chi connectivity index (χ1n) is 7.29. The molecule has 1 aromatic rings. The van der Waals surface area contributed by atoms with Gasteiger partial charge in [-0.2, -0.15) is 13.2 Å². The highest BCUT2D eigenvalue weighted by Gasteiger charge is 2.44. The van der Waals surface area contributed by atoms with Crippen molar-refractivity contribution in [3.8, 4) is 0 Å². The highest BCUT2D eigenvalue weighted by Crippen LogP contribution is 2.30. The number of rotatable bonds is 5. The van der Waals surface area contributed by atoms with E-state index in [1.807, 2.05) is 0 Å². The van der Waals surface area contributed by atoms with Crippen LogP contribution in [0.4, 0.5) is 23.7 Å². The zero-order valence-electron chi connectivity index (χ0n) is 13.1. The second kappa shape index (κ2) is 6.91. The van der Waals surface area contributed by atoms with Crippen LogP contribution in [0, 0.1) is 0 Å². The second-order valence-corrected chi connectivity index (χ2v) is 5.26. The monoisotopic (exact) mass is 357 g/mol. The lowest BCUT2D eigenvalue weighted by Crippen LogP contribution is -2.39. The molecule has 2 rings (SSSR count). The van der Waals surface area contributed by atoms with E-state index in [4.69, 9.17) is 0 Å². The van der Waals surface area contributed by atoms with Crippen molar-refractivity contribution in [2.24, 2.45) is 0 Å². The molecule has 0 bridgehead atoms. The Labute approximate surface area is 140 Å². The molecule has 0 aromatic heterocycles. The van der Waals surface area contributed by atoms with E-state index in [2.05, 4.69) is 5.32 Å². The maximum atomic E-state index is 12.6. The van der Waals surface area contributed by atoms with Crippen LogP contribution >= 0.6 is 0 Å². The lowest BCUT2D eigenvalue weighted by atomic mass is 10.2. The summed E-state index contributed by atoms with van der Waals surface area (Å²) in [5.41, 5.74) is -1.10. The second-order valence-electron chi connectivity index (χ2n) is 5.26. The first kappa shape index (κ1) is 18.4. The van der Waals surface area contributed by atoms with Gasteiger partial charge in [0.25, 0.3) is 0 Å². The first-order chi connectivity index (χ1) is 11.6. The number of carbonyl (C=O) groups is 4. The average molecular weight is 357 g/mol. The zero-order chi connectivity index (χ0) is 18.8. The molecule has 1 N–H and O–H groups in total. The number of urea groups is 1. The third-order valence-corrected chi connectivity index (χ3v) is 3.36. The first-order valence-corrected chi connectivity index (χ1v) is 7.29. The molecule has 1 aliphatic rings. The minimum Gasteiger partial charge on any atom is -0.325 e. The van der Waals surface area contributed by atoms with Gasteiger partial charge >= 0.3 is 24.0 Å². The summed E-state index contributed by atoms with van der Waals surface area (Å²) in [4.78, 5) is 48.5. The summed E-state index contributed by atoms with van der Waals surface area (Å²) in [6, 6.07) is 2.98. The largest absolute Gasteiger partial charge is 0.416 e. The van der Waals surface area contributed by atoms with E-state index < -0.39 is 42.0 Å². The van der Waals surface area contributed by atoms with Crippen LogP contribution in [-0.4, -0.2) is 46.6 Å². The number of nitrogens with one attached hydrogen (secondary N) is 1. The minimum atomic E-state index is -4.57. The van der Waals surface area contributed by atoms with E-state index in [0.717, 1.165) is 23.1 Å². The van der Waals surface area contributed by atoms with Gasteiger partial charge in [0.05, 0.1) is 5.56 Å². The molecule has 0 aliphatic carbocycles. The fraction of sp³-hybridized carbons (Fsp3) is 0.333. The van der Waals surface area contributed by atoms with E-state index in [9.17, 15) is 32.3 Å². The quantitative estimate of drug-likeness (QED) is 0.644. The Balaban J connectivity index is 2.07. The van der Waals surface area contributed by atoms with Crippen LogP contribution in [0.2, 0.25) is 0 Å². The summed E-state index contributed by atoms with van der Waals surface area (Å²) in [6.07, 6.45) is -4.14. The zero-order valence-corrected chi connectivity index (χ0v) is 13.1. The number of carbonyl (C=O) groups excluding carboxylic acids is 4. The topological polar surface area (TPSA) is 86.8 Å². The van der Waals surface area contributed by atoms with Crippen molar-refractivity contribution >= 4 is 29.4 Å². The normalized spacial score (nSPS) is 15.1. The van der Waals surface area contributed by atoms with Crippen LogP contribution in [0.1, 0.15) is 18.9 Å². The number of nitrogens with zero attached hydrogens (tertiary/aromatic N) is 2. The Bertz CT molecular complexity index is 733. The number of imide groups is 2. The fourth-order valence-electron chi connectivity index (χ4n) is 2.23. The summed E-state index contributed by atoms with van der Waals surface area (Å²) in [5.74, 6) is -3.07. The number of benzene rings is 1. The van der Waals surface area contributed by atoms with Gasteiger partial charge in [-0.15, -0.1) is 0 Å². The van der Waals surface area contributed by atoms with Gasteiger partial charge < -0.3 is 5.32 Å². The van der Waals surface area contributed by atoms with Crippen LogP contribution in [0.15, 0.2) is 24.3 Å². The molecule has 10 heteroatoms. The van der Waals surface area contributed by atoms with Crippen molar-refractivity contribution in [3.05, 3.63) is 29.8 Å². The Kier molecular flexibility index (Phi) is 5.10. The third-order valence-electron chi connectivity index (χ3n) is 3.36. The molecule has 0 radical (unpaired) electrons. The summed E-state index contributed by atoms with van der Waals surface area (Å²) >= 11 is 0. The van der Waals surface area contributed by atoms with Crippen LogP contribution < -0.4 is 5.32 Å². The van der Waals surface area contributed by atoms with Gasteiger partial charge in [0, 0.05) is 12.2 Å². The predicted molar refractivity (Wildman–Crippen MR) is 79.2 cm³/mol. The maximum absolute atomic E-state index is 12.6. The van der Waals surface area contributed by atoms with Crippen molar-refractivity contribution in [3.63, 3.8) is 0 Å². The minimum absolute atomic E-state index is 0.0369. The molecule has 7 nitrogen and oxygen atoms in total. The molecule has 0 saturated carbocycles. The maximum Gasteiger partial charge on any atom is 0.416 e. The van der Waals surface area contributed by atoms with Crippen molar-refractivity contribution in [1.82, 2.24) is 9.80 Å². The van der Waals surface area contributed by atoms with Gasteiger partial charge in [-0.05, 0) is 24.6 Å². The van der Waals surface area contributed by atoms with Gasteiger partial charge in [0.2, 0.25) is 5.91 Å².